The molecule has 0 aromatic carbocycles. The molecule has 0 fully saturated rings. The molecule has 0 aliphatic heterocycles. The third-order valence-corrected chi connectivity index (χ3v) is 4.57. The molecule has 0 bridgehead atoms. The minimum atomic E-state index is -0.259. The third-order valence-electron chi connectivity index (χ3n) is 3.60. The van der Waals surface area contributed by atoms with Crippen LogP contribution in [-0.4, -0.2) is 43.9 Å². The average Bonchev–Trinajstić information content (AvgIpc) is 3.24. The van der Waals surface area contributed by atoms with Crippen LogP contribution in [0, 0.1) is 0 Å². The first kappa shape index (κ1) is 18.2. The maximum absolute atomic E-state index is 12.0. The molecule has 2 aromatic heterocycles. The lowest BCUT2D eigenvalue weighted by Gasteiger charge is -2.23. The largest absolute Gasteiger partial charge is 0.459 e. The second kappa shape index (κ2) is 9.24. The summed E-state index contributed by atoms with van der Waals surface area (Å²) in [4.78, 5) is 26.9. The van der Waals surface area contributed by atoms with Crippen LogP contribution < -0.4 is 10.6 Å². The summed E-state index contributed by atoms with van der Waals surface area (Å²) in [5, 5.41) is 7.73. The van der Waals surface area contributed by atoms with Gasteiger partial charge in [0.2, 0.25) is 5.91 Å². The number of hydrogen-bond donors (Lipinski definition) is 2. The van der Waals surface area contributed by atoms with Crippen LogP contribution in [0.15, 0.2) is 40.3 Å². The molecule has 1 atom stereocenters. The summed E-state index contributed by atoms with van der Waals surface area (Å²) >= 11 is 1.69. The van der Waals surface area contributed by atoms with E-state index in [-0.39, 0.29) is 23.6 Å². The zero-order chi connectivity index (χ0) is 17.4. The molecule has 7 heteroatoms. The quantitative estimate of drug-likeness (QED) is 0.681. The Hall–Kier alpha value is -2.12. The number of furan rings is 1. The van der Waals surface area contributed by atoms with E-state index in [1.807, 2.05) is 25.5 Å². The van der Waals surface area contributed by atoms with Crippen molar-refractivity contribution >= 4 is 23.2 Å². The maximum atomic E-state index is 12.0. The molecule has 6 nitrogen and oxygen atoms in total. The number of rotatable bonds is 9. The second-order valence-corrected chi connectivity index (χ2v) is 6.61. The fraction of sp³-hybridized carbons (Fsp3) is 0.412. The topological polar surface area (TPSA) is 74.6 Å². The van der Waals surface area contributed by atoms with Crippen molar-refractivity contribution in [1.29, 1.82) is 0 Å². The summed E-state index contributed by atoms with van der Waals surface area (Å²) < 4.78 is 5.00. The molecule has 2 N–H and O–H groups in total. The predicted octanol–water partition coefficient (Wildman–Crippen LogP) is 2.27. The normalized spacial score (nSPS) is 12.1. The Kier molecular flexibility index (Phi) is 7.02. The SMILES string of the molecule is CN(C)C(CNC(=O)CCCNC(=O)c1ccco1)c1cccs1. The summed E-state index contributed by atoms with van der Waals surface area (Å²) in [5.41, 5.74) is 0. The van der Waals surface area contributed by atoms with E-state index in [0.29, 0.717) is 25.9 Å². The first-order chi connectivity index (χ1) is 11.6. The van der Waals surface area contributed by atoms with Gasteiger partial charge in [0.15, 0.2) is 5.76 Å². The lowest BCUT2D eigenvalue weighted by molar-refractivity contribution is -0.121. The molecule has 2 aromatic rings. The van der Waals surface area contributed by atoms with Crippen LogP contribution >= 0.6 is 11.3 Å². The van der Waals surface area contributed by atoms with Crippen LogP contribution in [0.1, 0.15) is 34.3 Å². The van der Waals surface area contributed by atoms with Crippen LogP contribution in [0.3, 0.4) is 0 Å². The number of nitrogens with zero attached hydrogens (tertiary/aromatic N) is 1. The van der Waals surface area contributed by atoms with Crippen molar-refractivity contribution in [1.82, 2.24) is 15.5 Å². The van der Waals surface area contributed by atoms with Crippen molar-refractivity contribution in [3.63, 3.8) is 0 Å². The molecule has 0 radical (unpaired) electrons. The van der Waals surface area contributed by atoms with E-state index < -0.39 is 0 Å². The zero-order valence-electron chi connectivity index (χ0n) is 14.0. The summed E-state index contributed by atoms with van der Waals surface area (Å²) in [6.07, 6.45) is 2.42. The number of hydrogen-bond acceptors (Lipinski definition) is 5. The number of likely N-dealkylation sites (N-methyl/N-ethyl adjacent to an activating group) is 1. The Labute approximate surface area is 145 Å². The van der Waals surface area contributed by atoms with Crippen molar-refractivity contribution in [2.75, 3.05) is 27.2 Å². The number of carbonyl (C=O) groups is 2. The van der Waals surface area contributed by atoms with Crippen molar-refractivity contribution in [2.24, 2.45) is 0 Å². The van der Waals surface area contributed by atoms with E-state index in [4.69, 9.17) is 4.42 Å². The Balaban J connectivity index is 1.65. The molecule has 2 rings (SSSR count). The van der Waals surface area contributed by atoms with Crippen LogP contribution in [0.4, 0.5) is 0 Å². The highest BCUT2D eigenvalue weighted by Gasteiger charge is 2.16. The smallest absolute Gasteiger partial charge is 0.286 e. The Morgan fingerprint density at radius 2 is 2.08 bits per heavy atom. The van der Waals surface area contributed by atoms with Gasteiger partial charge in [0.05, 0.1) is 12.3 Å². The third kappa shape index (κ3) is 5.50. The summed E-state index contributed by atoms with van der Waals surface area (Å²) in [7, 11) is 4.00. The summed E-state index contributed by atoms with van der Waals surface area (Å²) in [6.45, 7) is 1.01. The van der Waals surface area contributed by atoms with Gasteiger partial charge in [0, 0.05) is 24.4 Å². The van der Waals surface area contributed by atoms with Gasteiger partial charge in [-0.1, -0.05) is 6.07 Å². The van der Waals surface area contributed by atoms with Crippen molar-refractivity contribution in [3.8, 4) is 0 Å². The maximum Gasteiger partial charge on any atom is 0.286 e. The molecule has 2 heterocycles. The minimum absolute atomic E-state index is 0.00865. The lowest BCUT2D eigenvalue weighted by Crippen LogP contribution is -2.34. The Bertz CT molecular complexity index is 624. The van der Waals surface area contributed by atoms with Gasteiger partial charge in [-0.25, -0.2) is 0 Å². The first-order valence-corrected chi connectivity index (χ1v) is 8.74. The second-order valence-electron chi connectivity index (χ2n) is 5.64. The molecule has 0 aliphatic rings. The Morgan fingerprint density at radius 3 is 2.71 bits per heavy atom. The highest BCUT2D eigenvalue weighted by atomic mass is 32.1. The number of thiophene rings is 1. The van der Waals surface area contributed by atoms with Gasteiger partial charge in [-0.2, -0.15) is 0 Å². The van der Waals surface area contributed by atoms with Gasteiger partial charge in [-0.15, -0.1) is 11.3 Å². The minimum Gasteiger partial charge on any atom is -0.459 e. The molecule has 0 saturated carbocycles. The van der Waals surface area contributed by atoms with E-state index in [9.17, 15) is 9.59 Å². The fourth-order valence-corrected chi connectivity index (χ4v) is 3.19. The van der Waals surface area contributed by atoms with E-state index in [1.165, 1.54) is 11.1 Å². The summed E-state index contributed by atoms with van der Waals surface area (Å²) in [6, 6.07) is 7.53. The van der Waals surface area contributed by atoms with Crippen molar-refractivity contribution in [3.05, 3.63) is 46.5 Å². The zero-order valence-corrected chi connectivity index (χ0v) is 14.8. The molecule has 24 heavy (non-hydrogen) atoms. The molecule has 0 aliphatic carbocycles. The molecule has 0 saturated heterocycles. The fourth-order valence-electron chi connectivity index (χ4n) is 2.26. The monoisotopic (exact) mass is 349 g/mol. The number of amides is 2. The molecule has 1 unspecified atom stereocenters. The highest BCUT2D eigenvalue weighted by molar-refractivity contribution is 7.10. The van der Waals surface area contributed by atoms with Crippen LogP contribution in [-0.2, 0) is 4.79 Å². The lowest BCUT2D eigenvalue weighted by atomic mass is 10.2. The van der Waals surface area contributed by atoms with Gasteiger partial charge in [0.1, 0.15) is 0 Å². The van der Waals surface area contributed by atoms with E-state index in [1.54, 1.807) is 23.5 Å². The highest BCUT2D eigenvalue weighted by Crippen LogP contribution is 2.22. The van der Waals surface area contributed by atoms with Gasteiger partial charge in [0.25, 0.3) is 5.91 Å². The molecular weight excluding hydrogens is 326 g/mol. The van der Waals surface area contributed by atoms with E-state index in [0.717, 1.165) is 0 Å². The van der Waals surface area contributed by atoms with Gasteiger partial charge in [-0.3, -0.25) is 9.59 Å². The average molecular weight is 349 g/mol. The number of nitrogens with one attached hydrogen (secondary N) is 2. The van der Waals surface area contributed by atoms with Gasteiger partial charge < -0.3 is 20.0 Å². The van der Waals surface area contributed by atoms with Gasteiger partial charge in [-0.05, 0) is 44.1 Å². The predicted molar refractivity (Wildman–Crippen MR) is 94.0 cm³/mol. The van der Waals surface area contributed by atoms with E-state index >= 15 is 0 Å². The summed E-state index contributed by atoms with van der Waals surface area (Å²) in [5.74, 6) is 0.0145. The molecular formula is C17H23N3O3S. The Morgan fingerprint density at radius 1 is 1.25 bits per heavy atom. The van der Waals surface area contributed by atoms with Crippen molar-refractivity contribution in [2.45, 2.75) is 18.9 Å². The first-order valence-electron chi connectivity index (χ1n) is 7.86. The van der Waals surface area contributed by atoms with Crippen molar-refractivity contribution < 1.29 is 14.0 Å². The standard InChI is InChI=1S/C17H23N3O3S/c1-20(2)13(15-7-5-11-24-15)12-19-16(21)8-3-9-18-17(22)14-6-4-10-23-14/h4-7,10-11,13H,3,8-9,12H2,1-2H3,(H,18,22)(H,19,21). The molecule has 2 amide bonds. The van der Waals surface area contributed by atoms with Crippen LogP contribution in [0.5, 0.6) is 0 Å². The number of carbonyl (C=O) groups excluding carboxylic acids is 2. The van der Waals surface area contributed by atoms with Gasteiger partial charge >= 0.3 is 0 Å². The molecule has 130 valence electrons. The van der Waals surface area contributed by atoms with E-state index in [2.05, 4.69) is 21.6 Å². The van der Waals surface area contributed by atoms with Crippen LogP contribution in [0.2, 0.25) is 0 Å². The molecule has 0 spiro atoms. The van der Waals surface area contributed by atoms with Crippen LogP contribution in [0.25, 0.3) is 0 Å².